The highest BCUT2D eigenvalue weighted by Crippen LogP contribution is 2.27. The summed E-state index contributed by atoms with van der Waals surface area (Å²) in [6.07, 6.45) is 8.49. The molecular weight excluding hydrogens is 368 g/mol. The lowest BCUT2D eigenvalue weighted by Gasteiger charge is -2.12. The van der Waals surface area contributed by atoms with Gasteiger partial charge in [-0.2, -0.15) is 0 Å². The molecule has 30 heavy (non-hydrogen) atoms. The van der Waals surface area contributed by atoms with E-state index in [-0.39, 0.29) is 0 Å². The minimum atomic E-state index is 0.455. The molecule has 2 aromatic heterocycles. The second kappa shape index (κ2) is 8.72. The first-order chi connectivity index (χ1) is 14.9. The van der Waals surface area contributed by atoms with Crippen LogP contribution in [0.15, 0.2) is 78.0 Å². The van der Waals surface area contributed by atoms with Crippen molar-refractivity contribution < 1.29 is 0 Å². The summed E-state index contributed by atoms with van der Waals surface area (Å²) in [6, 6.07) is 21.4. The van der Waals surface area contributed by atoms with E-state index < -0.39 is 0 Å². The van der Waals surface area contributed by atoms with Crippen molar-refractivity contribution >= 4 is 27.3 Å². The number of fused-ring (bicyclic) bond motifs is 2. The first-order valence-corrected chi connectivity index (χ1v) is 10.8. The van der Waals surface area contributed by atoms with Crippen LogP contribution in [-0.4, -0.2) is 28.8 Å². The summed E-state index contributed by atoms with van der Waals surface area (Å²) in [6.45, 7) is 2.08. The fourth-order valence-electron chi connectivity index (χ4n) is 4.42. The number of aromatic nitrogens is 2. The van der Waals surface area contributed by atoms with Gasteiger partial charge in [-0.25, -0.2) is 0 Å². The number of hydrogen-bond donors (Lipinski definition) is 1. The SMILES string of the molecule is c1ccc2c(C3=NCCC3)nccc2c1.c1ccc2c(C3CCCN3)nccc2c1. The third-order valence-corrected chi connectivity index (χ3v) is 5.92. The van der Waals surface area contributed by atoms with Crippen molar-refractivity contribution in [3.05, 3.63) is 84.4 Å². The number of rotatable bonds is 2. The number of aliphatic imine (C=N–C) groups is 1. The molecule has 1 saturated heterocycles. The van der Waals surface area contributed by atoms with Gasteiger partial charge in [0.2, 0.25) is 0 Å². The van der Waals surface area contributed by atoms with Gasteiger partial charge in [0.1, 0.15) is 0 Å². The third-order valence-electron chi connectivity index (χ3n) is 5.92. The van der Waals surface area contributed by atoms with Crippen molar-refractivity contribution in [2.24, 2.45) is 4.99 Å². The maximum Gasteiger partial charge on any atom is 0.0918 e. The van der Waals surface area contributed by atoms with Crippen LogP contribution in [0, 0.1) is 0 Å². The molecule has 0 amide bonds. The normalized spacial score (nSPS) is 18.3. The number of hydrogen-bond acceptors (Lipinski definition) is 4. The van der Waals surface area contributed by atoms with Crippen LogP contribution in [0.5, 0.6) is 0 Å². The molecule has 4 heterocycles. The molecule has 0 radical (unpaired) electrons. The maximum absolute atomic E-state index is 4.53. The van der Waals surface area contributed by atoms with Crippen LogP contribution in [-0.2, 0) is 0 Å². The topological polar surface area (TPSA) is 50.2 Å². The zero-order valence-electron chi connectivity index (χ0n) is 17.1. The van der Waals surface area contributed by atoms with Gasteiger partial charge in [-0.15, -0.1) is 0 Å². The largest absolute Gasteiger partial charge is 0.309 e. The number of nitrogens with zero attached hydrogens (tertiary/aromatic N) is 3. The molecule has 0 saturated carbocycles. The summed E-state index contributed by atoms with van der Waals surface area (Å²) < 4.78 is 0. The average molecular weight is 395 g/mol. The Hall–Kier alpha value is -3.11. The minimum absolute atomic E-state index is 0.455. The predicted molar refractivity (Wildman–Crippen MR) is 124 cm³/mol. The van der Waals surface area contributed by atoms with E-state index in [0.29, 0.717) is 6.04 Å². The smallest absolute Gasteiger partial charge is 0.0918 e. The summed E-state index contributed by atoms with van der Waals surface area (Å²) in [4.78, 5) is 13.5. The number of pyridine rings is 2. The monoisotopic (exact) mass is 394 g/mol. The van der Waals surface area contributed by atoms with Gasteiger partial charge in [0, 0.05) is 29.7 Å². The molecule has 150 valence electrons. The summed E-state index contributed by atoms with van der Waals surface area (Å²) in [5.74, 6) is 0. The van der Waals surface area contributed by atoms with E-state index in [4.69, 9.17) is 0 Å². The summed E-state index contributed by atoms with van der Waals surface area (Å²) in [7, 11) is 0. The van der Waals surface area contributed by atoms with Crippen molar-refractivity contribution in [1.82, 2.24) is 15.3 Å². The van der Waals surface area contributed by atoms with Crippen molar-refractivity contribution in [2.45, 2.75) is 31.7 Å². The fraction of sp³-hybridized carbons (Fsp3) is 0.269. The number of benzene rings is 2. The first kappa shape index (κ1) is 18.9. The molecule has 6 rings (SSSR count). The Labute approximate surface area is 177 Å². The Morgan fingerprint density at radius 3 is 2.23 bits per heavy atom. The van der Waals surface area contributed by atoms with Crippen LogP contribution in [0.2, 0.25) is 0 Å². The molecule has 1 atom stereocenters. The maximum atomic E-state index is 4.53. The van der Waals surface area contributed by atoms with Gasteiger partial charge >= 0.3 is 0 Å². The van der Waals surface area contributed by atoms with Gasteiger partial charge in [0.25, 0.3) is 0 Å². The van der Waals surface area contributed by atoms with Crippen molar-refractivity contribution in [3.63, 3.8) is 0 Å². The fourth-order valence-corrected chi connectivity index (χ4v) is 4.42. The second-order valence-electron chi connectivity index (χ2n) is 7.88. The first-order valence-electron chi connectivity index (χ1n) is 10.8. The summed E-state index contributed by atoms with van der Waals surface area (Å²) in [5, 5.41) is 8.55. The molecule has 0 bridgehead atoms. The van der Waals surface area contributed by atoms with Crippen molar-refractivity contribution in [1.29, 1.82) is 0 Å². The highest BCUT2D eigenvalue weighted by atomic mass is 15.0. The molecule has 1 unspecified atom stereocenters. The quantitative estimate of drug-likeness (QED) is 0.490. The van der Waals surface area contributed by atoms with E-state index in [1.807, 2.05) is 18.5 Å². The molecule has 4 heteroatoms. The van der Waals surface area contributed by atoms with Gasteiger partial charge in [-0.3, -0.25) is 15.0 Å². The van der Waals surface area contributed by atoms with Crippen LogP contribution in [0.4, 0.5) is 0 Å². The van der Waals surface area contributed by atoms with E-state index >= 15 is 0 Å². The summed E-state index contributed by atoms with van der Waals surface area (Å²) >= 11 is 0. The van der Waals surface area contributed by atoms with Crippen LogP contribution < -0.4 is 5.32 Å². The standard InChI is InChI=1S/C13H14N2.C13H12N2/c2*1-2-5-11-10(4-1)7-9-15-13(11)12-6-3-8-14-12/h1-2,4-5,7,9,12,14H,3,6,8H2;1-2,4-5,7,9H,3,6,8H2. The van der Waals surface area contributed by atoms with E-state index in [1.54, 1.807) is 0 Å². The predicted octanol–water partition coefficient (Wildman–Crippen LogP) is 5.48. The molecule has 0 aliphatic carbocycles. The Bertz CT molecular complexity index is 1180. The zero-order chi connectivity index (χ0) is 20.2. The van der Waals surface area contributed by atoms with Gasteiger partial charge in [0.15, 0.2) is 0 Å². The average Bonchev–Trinajstić information content (AvgIpc) is 3.53. The molecular formula is C26H26N4. The molecule has 4 aromatic rings. The minimum Gasteiger partial charge on any atom is -0.309 e. The van der Waals surface area contributed by atoms with Crippen LogP contribution in [0.1, 0.15) is 43.1 Å². The van der Waals surface area contributed by atoms with Crippen LogP contribution in [0.25, 0.3) is 21.5 Å². The van der Waals surface area contributed by atoms with Crippen LogP contribution >= 0.6 is 0 Å². The Balaban J connectivity index is 0.000000128. The molecule has 2 aromatic carbocycles. The molecule has 2 aliphatic rings. The second-order valence-corrected chi connectivity index (χ2v) is 7.88. The van der Waals surface area contributed by atoms with Crippen molar-refractivity contribution in [3.8, 4) is 0 Å². The Morgan fingerprint density at radius 1 is 0.767 bits per heavy atom. The van der Waals surface area contributed by atoms with Crippen LogP contribution in [0.3, 0.4) is 0 Å². The molecule has 4 nitrogen and oxygen atoms in total. The van der Waals surface area contributed by atoms with Gasteiger partial charge in [0.05, 0.1) is 23.1 Å². The Morgan fingerprint density at radius 2 is 1.50 bits per heavy atom. The number of nitrogens with one attached hydrogen (secondary N) is 1. The lowest BCUT2D eigenvalue weighted by Crippen LogP contribution is -2.14. The van der Waals surface area contributed by atoms with Gasteiger partial charge in [-0.05, 0) is 55.1 Å². The molecule has 2 aliphatic heterocycles. The highest BCUT2D eigenvalue weighted by Gasteiger charge is 2.19. The van der Waals surface area contributed by atoms with E-state index in [9.17, 15) is 0 Å². The Kier molecular flexibility index (Phi) is 5.49. The van der Waals surface area contributed by atoms with E-state index in [0.717, 1.165) is 25.2 Å². The molecule has 1 fully saturated rings. The van der Waals surface area contributed by atoms with Gasteiger partial charge < -0.3 is 5.32 Å². The van der Waals surface area contributed by atoms with Gasteiger partial charge in [-0.1, -0.05) is 48.5 Å². The summed E-state index contributed by atoms with van der Waals surface area (Å²) in [5.41, 5.74) is 3.46. The lowest BCUT2D eigenvalue weighted by molar-refractivity contribution is 0.634. The lowest BCUT2D eigenvalue weighted by atomic mass is 10.0. The highest BCUT2D eigenvalue weighted by molar-refractivity contribution is 6.09. The zero-order valence-corrected chi connectivity index (χ0v) is 17.1. The van der Waals surface area contributed by atoms with Crippen molar-refractivity contribution in [2.75, 3.05) is 13.1 Å². The molecule has 1 N–H and O–H groups in total. The van der Waals surface area contributed by atoms with E-state index in [1.165, 1.54) is 52.2 Å². The molecule has 0 spiro atoms. The van der Waals surface area contributed by atoms with E-state index in [2.05, 4.69) is 74.9 Å². The third kappa shape index (κ3) is 3.83.